The molecule has 2 fully saturated rings. The quantitative estimate of drug-likeness (QED) is 0.819. The van der Waals surface area contributed by atoms with E-state index in [2.05, 4.69) is 5.32 Å². The van der Waals surface area contributed by atoms with Crippen LogP contribution >= 0.6 is 11.6 Å². The largest absolute Gasteiger partial charge is 0.352 e. The molecule has 3 rings (SSSR count). The van der Waals surface area contributed by atoms with Gasteiger partial charge in [-0.25, -0.2) is 8.42 Å². The van der Waals surface area contributed by atoms with Crippen LogP contribution in [0.2, 0.25) is 5.02 Å². The molecule has 4 atom stereocenters. The zero-order valence-corrected chi connectivity index (χ0v) is 16.2. The van der Waals surface area contributed by atoms with Gasteiger partial charge in [0, 0.05) is 11.1 Å². The number of amides is 1. The molecule has 0 spiro atoms. The molecule has 4 unspecified atom stereocenters. The van der Waals surface area contributed by atoms with Gasteiger partial charge in [-0.2, -0.15) is 0 Å². The Kier molecular flexibility index (Phi) is 5.30. The van der Waals surface area contributed by atoms with Gasteiger partial charge in [0.1, 0.15) is 6.54 Å². The van der Waals surface area contributed by atoms with E-state index in [0.717, 1.165) is 16.5 Å². The first kappa shape index (κ1) is 18.5. The molecule has 138 valence electrons. The molecule has 0 radical (unpaired) electrons. The van der Waals surface area contributed by atoms with Crippen LogP contribution in [0.5, 0.6) is 0 Å². The van der Waals surface area contributed by atoms with Crippen molar-refractivity contribution >= 4 is 33.2 Å². The van der Waals surface area contributed by atoms with Crippen LogP contribution in [0, 0.1) is 17.8 Å². The standard InChI is InChI=1S/C18H25ClN2O3S/c1-12(17-9-13-6-7-14(17)8-13)20-18(22)11-21(25(2,23)24)16-5-3-4-15(19)10-16/h3-5,10,12-14,17H,6-9,11H2,1-2H3,(H,20,22). The third kappa shape index (κ3) is 4.29. The van der Waals surface area contributed by atoms with Crippen molar-refractivity contribution in [2.24, 2.45) is 17.8 Å². The molecular weight excluding hydrogens is 360 g/mol. The van der Waals surface area contributed by atoms with Gasteiger partial charge >= 0.3 is 0 Å². The van der Waals surface area contributed by atoms with Crippen LogP contribution in [0.15, 0.2) is 24.3 Å². The van der Waals surface area contributed by atoms with Crippen molar-refractivity contribution in [3.05, 3.63) is 29.3 Å². The van der Waals surface area contributed by atoms with Gasteiger partial charge < -0.3 is 5.32 Å². The van der Waals surface area contributed by atoms with Crippen LogP contribution in [0.1, 0.15) is 32.6 Å². The number of benzene rings is 1. The summed E-state index contributed by atoms with van der Waals surface area (Å²) in [7, 11) is -3.58. The third-order valence-electron chi connectivity index (χ3n) is 5.61. The Labute approximate surface area is 154 Å². The number of nitrogens with zero attached hydrogens (tertiary/aromatic N) is 1. The minimum Gasteiger partial charge on any atom is -0.352 e. The minimum absolute atomic E-state index is 0.0728. The van der Waals surface area contributed by atoms with Gasteiger partial charge in [-0.05, 0) is 62.1 Å². The molecule has 2 bridgehead atoms. The summed E-state index contributed by atoms with van der Waals surface area (Å²) >= 11 is 5.96. The van der Waals surface area contributed by atoms with E-state index in [-0.39, 0.29) is 18.5 Å². The summed E-state index contributed by atoms with van der Waals surface area (Å²) in [6.45, 7) is 1.80. The van der Waals surface area contributed by atoms with Crippen molar-refractivity contribution in [2.75, 3.05) is 17.1 Å². The summed E-state index contributed by atoms with van der Waals surface area (Å²) in [4.78, 5) is 12.5. The summed E-state index contributed by atoms with van der Waals surface area (Å²) in [6.07, 6.45) is 6.13. The Bertz CT molecular complexity index is 752. The van der Waals surface area contributed by atoms with Crippen LogP contribution in [0.3, 0.4) is 0 Å². The molecule has 5 nitrogen and oxygen atoms in total. The maximum Gasteiger partial charge on any atom is 0.240 e. The van der Waals surface area contributed by atoms with Crippen molar-refractivity contribution in [3.63, 3.8) is 0 Å². The third-order valence-corrected chi connectivity index (χ3v) is 6.98. The summed E-state index contributed by atoms with van der Waals surface area (Å²) in [6, 6.07) is 6.60. The summed E-state index contributed by atoms with van der Waals surface area (Å²) < 4.78 is 25.4. The average molecular weight is 385 g/mol. The van der Waals surface area contributed by atoms with Gasteiger partial charge in [0.25, 0.3) is 0 Å². The Morgan fingerprint density at radius 2 is 2.12 bits per heavy atom. The highest BCUT2D eigenvalue weighted by Gasteiger charge is 2.42. The number of nitrogens with one attached hydrogen (secondary N) is 1. The molecule has 1 N–H and O–H groups in total. The lowest BCUT2D eigenvalue weighted by molar-refractivity contribution is -0.120. The first-order chi connectivity index (χ1) is 11.7. The van der Waals surface area contributed by atoms with E-state index in [1.165, 1.54) is 25.7 Å². The van der Waals surface area contributed by atoms with Crippen molar-refractivity contribution in [3.8, 4) is 0 Å². The van der Waals surface area contributed by atoms with Crippen LogP contribution in [-0.2, 0) is 14.8 Å². The predicted octanol–water partition coefficient (Wildman–Crippen LogP) is 3.05. The fourth-order valence-electron chi connectivity index (χ4n) is 4.47. The second-order valence-electron chi connectivity index (χ2n) is 7.44. The lowest BCUT2D eigenvalue weighted by Gasteiger charge is -2.29. The smallest absolute Gasteiger partial charge is 0.240 e. The highest BCUT2D eigenvalue weighted by Crippen LogP contribution is 2.49. The van der Waals surface area contributed by atoms with Crippen molar-refractivity contribution < 1.29 is 13.2 Å². The zero-order valence-electron chi connectivity index (χ0n) is 14.6. The topological polar surface area (TPSA) is 66.5 Å². The second-order valence-corrected chi connectivity index (χ2v) is 9.79. The van der Waals surface area contributed by atoms with Crippen LogP contribution in [-0.4, -0.2) is 33.2 Å². The number of carbonyl (C=O) groups is 1. The lowest BCUT2D eigenvalue weighted by Crippen LogP contribution is -2.46. The molecule has 2 saturated carbocycles. The summed E-state index contributed by atoms with van der Waals surface area (Å²) in [5, 5.41) is 3.45. The molecular formula is C18H25ClN2O3S. The van der Waals surface area contributed by atoms with Gasteiger partial charge in [0.2, 0.25) is 15.9 Å². The highest BCUT2D eigenvalue weighted by molar-refractivity contribution is 7.92. The molecule has 0 aromatic heterocycles. The monoisotopic (exact) mass is 384 g/mol. The van der Waals surface area contributed by atoms with E-state index in [4.69, 9.17) is 11.6 Å². The molecule has 1 aromatic rings. The van der Waals surface area contributed by atoms with Gasteiger partial charge in [-0.15, -0.1) is 0 Å². The number of fused-ring (bicyclic) bond motifs is 2. The van der Waals surface area contributed by atoms with Gasteiger partial charge in [0.05, 0.1) is 11.9 Å². The van der Waals surface area contributed by atoms with E-state index in [1.54, 1.807) is 24.3 Å². The number of hydrogen-bond acceptors (Lipinski definition) is 3. The predicted molar refractivity (Wildman–Crippen MR) is 100 cm³/mol. The maximum atomic E-state index is 12.5. The molecule has 1 amide bonds. The van der Waals surface area contributed by atoms with E-state index in [9.17, 15) is 13.2 Å². The van der Waals surface area contributed by atoms with Crippen LogP contribution < -0.4 is 9.62 Å². The van der Waals surface area contributed by atoms with E-state index >= 15 is 0 Å². The molecule has 2 aliphatic carbocycles. The molecule has 7 heteroatoms. The Morgan fingerprint density at radius 3 is 2.68 bits per heavy atom. The number of hydrogen-bond donors (Lipinski definition) is 1. The Hall–Kier alpha value is -1.27. The maximum absolute atomic E-state index is 12.5. The summed E-state index contributed by atoms with van der Waals surface area (Å²) in [5.41, 5.74) is 0.401. The fraction of sp³-hybridized carbons (Fsp3) is 0.611. The lowest BCUT2D eigenvalue weighted by atomic mass is 9.84. The van der Waals surface area contributed by atoms with Gasteiger partial charge in [-0.3, -0.25) is 9.10 Å². The number of sulfonamides is 1. The van der Waals surface area contributed by atoms with Gasteiger partial charge in [-0.1, -0.05) is 24.1 Å². The molecule has 1 aromatic carbocycles. The second kappa shape index (κ2) is 7.16. The first-order valence-corrected chi connectivity index (χ1v) is 11.0. The van der Waals surface area contributed by atoms with E-state index < -0.39 is 10.0 Å². The molecule has 25 heavy (non-hydrogen) atoms. The van der Waals surface area contributed by atoms with Gasteiger partial charge in [0.15, 0.2) is 0 Å². The summed E-state index contributed by atoms with van der Waals surface area (Å²) in [5.74, 6) is 1.76. The molecule has 0 saturated heterocycles. The molecule has 0 heterocycles. The Morgan fingerprint density at radius 1 is 1.36 bits per heavy atom. The number of carbonyl (C=O) groups excluding carboxylic acids is 1. The molecule has 0 aliphatic heterocycles. The van der Waals surface area contributed by atoms with Crippen LogP contribution in [0.25, 0.3) is 0 Å². The van der Waals surface area contributed by atoms with Crippen molar-refractivity contribution in [1.82, 2.24) is 5.32 Å². The van der Waals surface area contributed by atoms with E-state index in [0.29, 0.717) is 22.5 Å². The molecule has 2 aliphatic rings. The van der Waals surface area contributed by atoms with Crippen molar-refractivity contribution in [1.29, 1.82) is 0 Å². The SMILES string of the molecule is CC(NC(=O)CN(c1cccc(Cl)c1)S(C)(=O)=O)C1CC2CCC1C2. The van der Waals surface area contributed by atoms with Crippen molar-refractivity contribution in [2.45, 2.75) is 38.6 Å². The number of rotatable bonds is 6. The average Bonchev–Trinajstić information content (AvgIpc) is 3.14. The minimum atomic E-state index is -3.58. The highest BCUT2D eigenvalue weighted by atomic mass is 35.5. The van der Waals surface area contributed by atoms with E-state index in [1.807, 2.05) is 6.92 Å². The number of halogens is 1. The normalized spacial score (nSPS) is 26.4. The number of anilines is 1. The first-order valence-electron chi connectivity index (χ1n) is 8.76. The Balaban J connectivity index is 1.66. The fourth-order valence-corrected chi connectivity index (χ4v) is 5.51. The zero-order chi connectivity index (χ0) is 18.2. The van der Waals surface area contributed by atoms with Crippen LogP contribution in [0.4, 0.5) is 5.69 Å².